The summed E-state index contributed by atoms with van der Waals surface area (Å²) in [5, 5.41) is -0.826. The van der Waals surface area contributed by atoms with Gasteiger partial charge in [0.15, 0.2) is 0 Å². The van der Waals surface area contributed by atoms with E-state index in [2.05, 4.69) is 0 Å². The summed E-state index contributed by atoms with van der Waals surface area (Å²) in [6.07, 6.45) is 0. The van der Waals surface area contributed by atoms with Crippen molar-refractivity contribution in [2.24, 2.45) is 0 Å². The number of fused-ring (bicyclic) bond motifs is 5. The Kier molecular flexibility index (Phi) is 2.90. The Bertz CT molecular complexity index is 3530. The molecule has 0 saturated carbocycles. The zero-order valence-corrected chi connectivity index (χ0v) is 23.0. The molecule has 0 saturated heterocycles. The van der Waals surface area contributed by atoms with Crippen LogP contribution in [0, 0.1) is 0 Å². The van der Waals surface area contributed by atoms with Gasteiger partial charge in [-0.15, -0.1) is 0 Å². The molecule has 0 amide bonds. The van der Waals surface area contributed by atoms with E-state index >= 15 is 0 Å². The number of benzene rings is 8. The molecule has 1 heterocycles. The van der Waals surface area contributed by atoms with Crippen LogP contribution >= 0.6 is 0 Å². The van der Waals surface area contributed by atoms with Crippen LogP contribution in [-0.2, 0) is 0 Å². The molecule has 0 aliphatic rings. The fraction of sp³-hybridized carbons (Fsp3) is 0. The first-order valence-electron chi connectivity index (χ1n) is 23.8. The molecule has 45 heavy (non-hydrogen) atoms. The van der Waals surface area contributed by atoms with Gasteiger partial charge in [0.1, 0.15) is 11.2 Å². The zero-order chi connectivity index (χ0) is 47.1. The number of hydrogen-bond donors (Lipinski definition) is 0. The predicted octanol–water partition coefficient (Wildman–Crippen LogP) is 12.6. The lowest BCUT2D eigenvalue weighted by molar-refractivity contribution is 0.669. The van der Waals surface area contributed by atoms with Crippen LogP contribution in [-0.4, -0.2) is 0 Å². The van der Waals surface area contributed by atoms with Gasteiger partial charge in [-0.2, -0.15) is 0 Å². The highest BCUT2D eigenvalue weighted by molar-refractivity contribution is 6.26. The number of furan rings is 1. The molecule has 210 valence electrons. The fourth-order valence-electron chi connectivity index (χ4n) is 5.77. The van der Waals surface area contributed by atoms with Crippen LogP contribution in [0.15, 0.2) is 174 Å². The fourth-order valence-corrected chi connectivity index (χ4v) is 5.77. The minimum absolute atomic E-state index is 0.0935. The Morgan fingerprint density at radius 3 is 1.73 bits per heavy atom. The lowest BCUT2D eigenvalue weighted by atomic mass is 9.84. The van der Waals surface area contributed by atoms with Crippen molar-refractivity contribution in [2.75, 3.05) is 0 Å². The summed E-state index contributed by atoms with van der Waals surface area (Å²) in [6.45, 7) is 0. The van der Waals surface area contributed by atoms with E-state index in [9.17, 15) is 11.0 Å². The second-order valence-electron chi connectivity index (χ2n) is 10.1. The average Bonchev–Trinajstić information content (AvgIpc) is 3.67. The van der Waals surface area contributed by atoms with Crippen LogP contribution in [0.4, 0.5) is 0 Å². The van der Waals surface area contributed by atoms with Crippen LogP contribution in [0.1, 0.15) is 27.4 Å². The summed E-state index contributed by atoms with van der Waals surface area (Å²) < 4.78 is 184. The molecular formula is C44H28O. The molecule has 0 fully saturated rings. The average molecular weight is 593 g/mol. The highest BCUT2D eigenvalue weighted by atomic mass is 16.3. The summed E-state index contributed by atoms with van der Waals surface area (Å²) in [6, 6.07) is -2.04. The molecule has 0 unspecified atom stereocenters. The Hall–Kier alpha value is -5.92. The molecule has 0 aliphatic carbocycles. The molecule has 0 atom stereocenters. The molecule has 1 nitrogen and oxygen atoms in total. The molecule has 8 aromatic carbocycles. The molecule has 0 bridgehead atoms. The first-order valence-corrected chi connectivity index (χ1v) is 13.8. The van der Waals surface area contributed by atoms with Crippen LogP contribution in [0.5, 0.6) is 0 Å². The van der Waals surface area contributed by atoms with Crippen molar-refractivity contribution in [2.45, 2.75) is 0 Å². The van der Waals surface area contributed by atoms with E-state index in [4.69, 9.17) is 20.9 Å². The zero-order valence-electron chi connectivity index (χ0n) is 43.0. The highest BCUT2D eigenvalue weighted by Gasteiger charge is 2.21. The van der Waals surface area contributed by atoms with Gasteiger partial charge >= 0.3 is 0 Å². The minimum atomic E-state index is -0.916. The first kappa shape index (κ1) is 12.6. The third-order valence-electron chi connectivity index (χ3n) is 7.66. The van der Waals surface area contributed by atoms with Gasteiger partial charge in [-0.1, -0.05) is 151 Å². The Labute approximate surface area is 289 Å². The normalized spacial score (nSPS) is 17.8. The maximum Gasteiger partial charge on any atom is 0.136 e. The van der Waals surface area contributed by atoms with Crippen LogP contribution in [0.3, 0.4) is 0 Å². The molecule has 0 spiro atoms. The number of para-hydroxylation sites is 1. The van der Waals surface area contributed by atoms with Crippen molar-refractivity contribution in [1.29, 1.82) is 0 Å². The van der Waals surface area contributed by atoms with Crippen molar-refractivity contribution in [3.63, 3.8) is 0 Å². The van der Waals surface area contributed by atoms with E-state index < -0.39 is 136 Å². The van der Waals surface area contributed by atoms with Crippen molar-refractivity contribution in [3.8, 4) is 44.5 Å². The van der Waals surface area contributed by atoms with Gasteiger partial charge in [0.05, 0.1) is 27.4 Å². The maximum absolute atomic E-state index is 9.51. The molecule has 1 aromatic heterocycles. The topological polar surface area (TPSA) is 13.1 Å². The van der Waals surface area contributed by atoms with E-state index in [1.54, 1.807) is 30.3 Å². The number of hydrogen-bond acceptors (Lipinski definition) is 1. The molecule has 0 aliphatic heterocycles. The van der Waals surface area contributed by atoms with Gasteiger partial charge in [-0.25, -0.2) is 0 Å². The van der Waals surface area contributed by atoms with E-state index in [1.165, 1.54) is 18.2 Å². The second-order valence-corrected chi connectivity index (χ2v) is 10.1. The monoisotopic (exact) mass is 592 g/mol. The van der Waals surface area contributed by atoms with Crippen LogP contribution < -0.4 is 0 Å². The molecule has 1 heteroatoms. The van der Waals surface area contributed by atoms with Crippen molar-refractivity contribution in [1.82, 2.24) is 0 Å². The molecule has 0 radical (unpaired) electrons. The lowest BCUT2D eigenvalue weighted by Crippen LogP contribution is -1.92. The third-order valence-corrected chi connectivity index (χ3v) is 7.66. The van der Waals surface area contributed by atoms with Crippen LogP contribution in [0.25, 0.3) is 88.0 Å². The predicted molar refractivity (Wildman–Crippen MR) is 190 cm³/mol. The minimum Gasteiger partial charge on any atom is -0.456 e. The first-order chi connectivity index (χ1) is 30.6. The highest BCUT2D eigenvalue weighted by Crippen LogP contribution is 2.48. The summed E-state index contributed by atoms with van der Waals surface area (Å²) in [5.41, 5.74) is -1.66. The molecule has 0 N–H and O–H groups in total. The quantitative estimate of drug-likeness (QED) is 0.185. The molecular weight excluding hydrogens is 544 g/mol. The Balaban J connectivity index is 1.57. The van der Waals surface area contributed by atoms with Crippen molar-refractivity contribution in [3.05, 3.63) is 169 Å². The third kappa shape index (κ3) is 4.17. The Morgan fingerprint density at radius 1 is 0.378 bits per heavy atom. The van der Waals surface area contributed by atoms with Gasteiger partial charge < -0.3 is 4.42 Å². The van der Waals surface area contributed by atoms with E-state index in [0.717, 1.165) is 0 Å². The van der Waals surface area contributed by atoms with Crippen molar-refractivity contribution >= 4 is 43.5 Å². The van der Waals surface area contributed by atoms with E-state index in [0.29, 0.717) is 16.4 Å². The van der Waals surface area contributed by atoms with Crippen molar-refractivity contribution < 1.29 is 31.8 Å². The standard InChI is InChI=1S/C44H28O/c1-3-13-29(14-4-1)31-23-25-32(26-24-31)42-34-17-7-9-19-36(34)43(37-20-10-8-18-35(37)42)39-27-33(30-15-5-2-6-16-30)28-41-44(39)38-21-11-12-22-40(38)45-41/h1-28H/i1D,2D,3D,4D,5D,7D,8D,9D,10D,13D,14D,16D,17D,18D,19D,20D,23D,24D,25D,26D. The lowest BCUT2D eigenvalue weighted by Gasteiger charge is -2.19. The maximum atomic E-state index is 9.51. The number of rotatable bonds is 4. The summed E-state index contributed by atoms with van der Waals surface area (Å²) >= 11 is 0. The van der Waals surface area contributed by atoms with E-state index in [1.807, 2.05) is 0 Å². The van der Waals surface area contributed by atoms with Gasteiger partial charge in [-0.05, 0) is 84.3 Å². The van der Waals surface area contributed by atoms with Crippen LogP contribution in [0.2, 0.25) is 0 Å². The van der Waals surface area contributed by atoms with Gasteiger partial charge in [0, 0.05) is 10.8 Å². The van der Waals surface area contributed by atoms with Gasteiger partial charge in [0.25, 0.3) is 0 Å². The largest absolute Gasteiger partial charge is 0.456 e. The summed E-state index contributed by atoms with van der Waals surface area (Å²) in [7, 11) is 0. The second kappa shape index (κ2) is 10.4. The summed E-state index contributed by atoms with van der Waals surface area (Å²) in [5.74, 6) is 0. The van der Waals surface area contributed by atoms with Gasteiger partial charge in [-0.3, -0.25) is 0 Å². The SMILES string of the molecule is [2H]c1cc([2H])c(-c2cc(-c3c4c([2H])c([2H])c([2H])c([2H])c4c(-c4c([2H])c([2H])c(-c5c([2H])c([2H])c([2H])c([2H])c5[2H])c([2H])c4[2H])c4c([2H])c([2H])c([2H])c([2H])c34)c3c(c2)oc2ccccc23)cc1[2H]. The van der Waals surface area contributed by atoms with Gasteiger partial charge in [0.2, 0.25) is 0 Å². The van der Waals surface area contributed by atoms with E-state index in [-0.39, 0.29) is 56.7 Å². The molecule has 9 rings (SSSR count). The smallest absolute Gasteiger partial charge is 0.136 e. The summed E-state index contributed by atoms with van der Waals surface area (Å²) in [4.78, 5) is 0. The Morgan fingerprint density at radius 2 is 1.00 bits per heavy atom. The molecule has 9 aromatic rings.